The minimum atomic E-state index is 0.0461. The molecule has 2 aliphatic carbocycles. The van der Waals surface area contributed by atoms with E-state index >= 15 is 0 Å². The normalized spacial score (nSPS) is 16.5. The van der Waals surface area contributed by atoms with Crippen LogP contribution in [0.2, 0.25) is 0 Å². The van der Waals surface area contributed by atoms with Crippen LogP contribution in [-0.4, -0.2) is 37.2 Å². The van der Waals surface area contributed by atoms with Crippen LogP contribution in [-0.2, 0) is 6.54 Å². The van der Waals surface area contributed by atoms with Crippen molar-refractivity contribution in [2.45, 2.75) is 57.2 Å². The lowest BCUT2D eigenvalue weighted by atomic mass is 10.1. The lowest BCUT2D eigenvalue weighted by molar-refractivity contribution is 0.0728. The Balaban J connectivity index is 1.49. The van der Waals surface area contributed by atoms with E-state index in [2.05, 4.69) is 0 Å². The molecule has 0 aromatic heterocycles. The maximum Gasteiger partial charge on any atom is 0.254 e. The summed E-state index contributed by atoms with van der Waals surface area (Å²) >= 11 is 0. The molecule has 5 nitrogen and oxygen atoms in total. The zero-order valence-electron chi connectivity index (χ0n) is 17.2. The molecule has 5 heteroatoms. The first-order chi connectivity index (χ1) is 14.2. The van der Waals surface area contributed by atoms with E-state index in [1.165, 1.54) is 12.8 Å². The summed E-state index contributed by atoms with van der Waals surface area (Å²) < 4.78 is 16.9. The summed E-state index contributed by atoms with van der Waals surface area (Å²) in [5.74, 6) is 2.42. The first-order valence-corrected chi connectivity index (χ1v) is 10.5. The summed E-state index contributed by atoms with van der Waals surface area (Å²) in [5, 5.41) is 0. The van der Waals surface area contributed by atoms with Gasteiger partial charge in [-0.3, -0.25) is 4.79 Å². The van der Waals surface area contributed by atoms with Gasteiger partial charge in [0.2, 0.25) is 0 Å². The molecular formula is C24H29NO4. The van der Waals surface area contributed by atoms with Crippen LogP contribution in [0.4, 0.5) is 0 Å². The van der Waals surface area contributed by atoms with Gasteiger partial charge in [0.05, 0.1) is 26.9 Å². The number of hydrogen-bond donors (Lipinski definition) is 0. The van der Waals surface area contributed by atoms with Gasteiger partial charge in [-0.2, -0.15) is 0 Å². The number of rotatable bonds is 8. The molecule has 2 saturated carbocycles. The lowest BCUT2D eigenvalue weighted by Crippen LogP contribution is -2.32. The molecule has 0 bridgehead atoms. The van der Waals surface area contributed by atoms with Crippen molar-refractivity contribution >= 4 is 5.91 Å². The average molecular weight is 395 g/mol. The molecule has 2 fully saturated rings. The molecule has 0 unspecified atom stereocenters. The molecule has 0 atom stereocenters. The second-order valence-corrected chi connectivity index (χ2v) is 7.89. The van der Waals surface area contributed by atoms with Crippen molar-refractivity contribution in [2.24, 2.45) is 0 Å². The highest BCUT2D eigenvalue weighted by molar-refractivity contribution is 5.94. The van der Waals surface area contributed by atoms with Crippen LogP contribution < -0.4 is 14.2 Å². The summed E-state index contributed by atoms with van der Waals surface area (Å²) in [6, 6.07) is 13.6. The van der Waals surface area contributed by atoms with Gasteiger partial charge in [0, 0.05) is 17.2 Å². The predicted molar refractivity (Wildman–Crippen MR) is 112 cm³/mol. The highest BCUT2D eigenvalue weighted by atomic mass is 16.5. The van der Waals surface area contributed by atoms with E-state index in [1.807, 2.05) is 47.4 Å². The van der Waals surface area contributed by atoms with Crippen LogP contribution in [0.1, 0.15) is 54.4 Å². The van der Waals surface area contributed by atoms with Crippen molar-refractivity contribution in [1.29, 1.82) is 0 Å². The van der Waals surface area contributed by atoms with Crippen LogP contribution in [0.5, 0.6) is 17.2 Å². The van der Waals surface area contributed by atoms with Gasteiger partial charge in [0.25, 0.3) is 5.91 Å². The largest absolute Gasteiger partial charge is 0.497 e. The van der Waals surface area contributed by atoms with E-state index < -0.39 is 0 Å². The smallest absolute Gasteiger partial charge is 0.254 e. The van der Waals surface area contributed by atoms with Crippen LogP contribution in [0.15, 0.2) is 42.5 Å². The highest BCUT2D eigenvalue weighted by Gasteiger charge is 2.33. The third-order valence-corrected chi connectivity index (χ3v) is 5.78. The summed E-state index contributed by atoms with van der Waals surface area (Å²) in [7, 11) is 3.29. The molecule has 0 saturated heterocycles. The van der Waals surface area contributed by atoms with Crippen molar-refractivity contribution in [3.63, 3.8) is 0 Å². The maximum atomic E-state index is 13.3. The van der Waals surface area contributed by atoms with Gasteiger partial charge in [-0.15, -0.1) is 0 Å². The van der Waals surface area contributed by atoms with Gasteiger partial charge in [-0.25, -0.2) is 0 Å². The fourth-order valence-corrected chi connectivity index (χ4v) is 3.98. The van der Waals surface area contributed by atoms with Crippen LogP contribution in [0.25, 0.3) is 0 Å². The standard InChI is InChI=1S/C24H29NO4/c1-27-22-13-14-23(28-2)18(15-22)16-25(19-9-10-19)24(26)17-7-11-21(12-8-17)29-20-5-3-4-6-20/h7-8,11-15,19-20H,3-6,9-10,16H2,1-2H3. The second kappa shape index (κ2) is 8.76. The molecule has 29 heavy (non-hydrogen) atoms. The van der Waals surface area contributed by atoms with E-state index in [-0.39, 0.29) is 11.9 Å². The van der Waals surface area contributed by atoms with Crippen LogP contribution >= 0.6 is 0 Å². The average Bonchev–Trinajstić information content (AvgIpc) is 3.47. The third kappa shape index (κ3) is 4.66. The number of ether oxygens (including phenoxy) is 3. The molecule has 4 rings (SSSR count). The van der Waals surface area contributed by atoms with E-state index in [1.54, 1.807) is 14.2 Å². The molecular weight excluding hydrogens is 366 g/mol. The number of carbonyl (C=O) groups is 1. The minimum Gasteiger partial charge on any atom is -0.497 e. The van der Waals surface area contributed by atoms with Crippen molar-refractivity contribution in [3.8, 4) is 17.2 Å². The van der Waals surface area contributed by atoms with E-state index in [9.17, 15) is 4.79 Å². The fraction of sp³-hybridized carbons (Fsp3) is 0.458. The molecule has 0 heterocycles. The van der Waals surface area contributed by atoms with Crippen molar-refractivity contribution < 1.29 is 19.0 Å². The Morgan fingerprint density at radius 1 is 0.931 bits per heavy atom. The van der Waals surface area contributed by atoms with Gasteiger partial charge >= 0.3 is 0 Å². The van der Waals surface area contributed by atoms with E-state index in [4.69, 9.17) is 14.2 Å². The van der Waals surface area contributed by atoms with Gasteiger partial charge in [-0.1, -0.05) is 0 Å². The topological polar surface area (TPSA) is 48.0 Å². The summed E-state index contributed by atoms with van der Waals surface area (Å²) in [6.07, 6.45) is 7.13. The first-order valence-electron chi connectivity index (χ1n) is 10.5. The van der Waals surface area contributed by atoms with Crippen LogP contribution in [0, 0.1) is 0 Å². The number of carbonyl (C=O) groups excluding carboxylic acids is 1. The summed E-state index contributed by atoms with van der Waals surface area (Å²) in [5.41, 5.74) is 1.64. The highest BCUT2D eigenvalue weighted by Crippen LogP contribution is 2.33. The Kier molecular flexibility index (Phi) is 5.93. The molecule has 2 aromatic rings. The fourth-order valence-electron chi connectivity index (χ4n) is 3.98. The molecule has 2 aromatic carbocycles. The first kappa shape index (κ1) is 19.6. The third-order valence-electron chi connectivity index (χ3n) is 5.78. The van der Waals surface area contributed by atoms with Crippen molar-refractivity contribution in [2.75, 3.05) is 14.2 Å². The second-order valence-electron chi connectivity index (χ2n) is 7.89. The van der Waals surface area contributed by atoms with E-state index in [0.717, 1.165) is 48.5 Å². The molecule has 154 valence electrons. The lowest BCUT2D eigenvalue weighted by Gasteiger charge is -2.24. The van der Waals surface area contributed by atoms with Gasteiger partial charge in [-0.05, 0) is 81.0 Å². The molecule has 0 radical (unpaired) electrons. The Morgan fingerprint density at radius 2 is 1.62 bits per heavy atom. The molecule has 2 aliphatic rings. The van der Waals surface area contributed by atoms with Crippen molar-refractivity contribution in [3.05, 3.63) is 53.6 Å². The van der Waals surface area contributed by atoms with E-state index in [0.29, 0.717) is 18.2 Å². The van der Waals surface area contributed by atoms with Crippen LogP contribution in [0.3, 0.4) is 0 Å². The zero-order valence-corrected chi connectivity index (χ0v) is 17.2. The Bertz CT molecular complexity index is 838. The minimum absolute atomic E-state index is 0.0461. The SMILES string of the molecule is COc1ccc(OC)c(CN(C(=O)c2ccc(OC3CCCC3)cc2)C2CC2)c1. The quantitative estimate of drug-likeness (QED) is 0.642. The number of methoxy groups -OCH3 is 2. The number of nitrogens with zero attached hydrogens (tertiary/aromatic N) is 1. The number of amides is 1. The molecule has 0 N–H and O–H groups in total. The Labute approximate surface area is 172 Å². The molecule has 1 amide bonds. The van der Waals surface area contributed by atoms with Gasteiger partial charge in [0.1, 0.15) is 17.2 Å². The van der Waals surface area contributed by atoms with Gasteiger partial charge in [0.15, 0.2) is 0 Å². The predicted octanol–water partition coefficient (Wildman–Crippen LogP) is 4.83. The van der Waals surface area contributed by atoms with Crippen molar-refractivity contribution in [1.82, 2.24) is 4.90 Å². The Morgan fingerprint density at radius 3 is 2.24 bits per heavy atom. The number of hydrogen-bond acceptors (Lipinski definition) is 4. The maximum absolute atomic E-state index is 13.3. The zero-order chi connectivity index (χ0) is 20.2. The summed E-state index contributed by atoms with van der Waals surface area (Å²) in [6.45, 7) is 0.504. The Hall–Kier alpha value is -2.69. The summed E-state index contributed by atoms with van der Waals surface area (Å²) in [4.78, 5) is 15.2. The number of benzene rings is 2. The monoisotopic (exact) mass is 395 g/mol. The van der Waals surface area contributed by atoms with Gasteiger partial charge < -0.3 is 19.1 Å². The molecule has 0 aliphatic heterocycles. The molecule has 0 spiro atoms.